The molecule has 0 saturated carbocycles. The van der Waals surface area contributed by atoms with Crippen molar-refractivity contribution >= 4 is 17.3 Å². The molecule has 21 heavy (non-hydrogen) atoms. The first-order valence-electron chi connectivity index (χ1n) is 7.65. The molecule has 6 heteroatoms. The Bertz CT molecular complexity index is 484. The molecule has 0 N–H and O–H groups in total. The van der Waals surface area contributed by atoms with Crippen LogP contribution < -0.4 is 10.5 Å². The van der Waals surface area contributed by atoms with Gasteiger partial charge in [0.15, 0.2) is 0 Å². The third-order valence-electron chi connectivity index (χ3n) is 4.00. The van der Waals surface area contributed by atoms with E-state index in [4.69, 9.17) is 16.3 Å². The Kier molecular flexibility index (Phi) is 6.51. The maximum atomic E-state index is 12.1. The number of halogens is 1. The van der Waals surface area contributed by atoms with Gasteiger partial charge in [-0.2, -0.15) is 5.10 Å². The molecule has 2 heterocycles. The Morgan fingerprint density at radius 2 is 2.10 bits per heavy atom. The summed E-state index contributed by atoms with van der Waals surface area (Å²) in [7, 11) is 1.76. The molecule has 0 radical (unpaired) electrons. The molecule has 1 aliphatic heterocycles. The van der Waals surface area contributed by atoms with Crippen LogP contribution in [0.2, 0.25) is 0 Å². The number of anilines is 1. The fourth-order valence-corrected chi connectivity index (χ4v) is 2.84. The summed E-state index contributed by atoms with van der Waals surface area (Å²) in [6.07, 6.45) is 7.10. The van der Waals surface area contributed by atoms with Gasteiger partial charge in [-0.05, 0) is 25.7 Å². The Labute approximate surface area is 130 Å². The number of rotatable bonds is 7. The number of ether oxygens (including phenoxy) is 1. The summed E-state index contributed by atoms with van der Waals surface area (Å²) >= 11 is 5.64. The molecule has 0 unspecified atom stereocenters. The SMILES string of the molecule is COC1CCN(c2cnn(CCCCCCl)c(=O)c2)CC1. The minimum Gasteiger partial charge on any atom is -0.381 e. The van der Waals surface area contributed by atoms with Gasteiger partial charge in [0.25, 0.3) is 5.56 Å². The van der Waals surface area contributed by atoms with Crippen molar-refractivity contribution in [3.8, 4) is 0 Å². The molecule has 5 nitrogen and oxygen atoms in total. The lowest BCUT2D eigenvalue weighted by atomic mass is 10.1. The third kappa shape index (κ3) is 4.71. The Morgan fingerprint density at radius 3 is 2.71 bits per heavy atom. The third-order valence-corrected chi connectivity index (χ3v) is 4.27. The summed E-state index contributed by atoms with van der Waals surface area (Å²) in [4.78, 5) is 14.3. The van der Waals surface area contributed by atoms with Gasteiger partial charge < -0.3 is 9.64 Å². The van der Waals surface area contributed by atoms with Crippen molar-refractivity contribution < 1.29 is 4.74 Å². The molecule has 0 spiro atoms. The van der Waals surface area contributed by atoms with Crippen LogP contribution in [0.3, 0.4) is 0 Å². The van der Waals surface area contributed by atoms with Crippen LogP contribution in [0.1, 0.15) is 32.1 Å². The van der Waals surface area contributed by atoms with E-state index in [1.807, 2.05) is 0 Å². The first kappa shape index (κ1) is 16.3. The van der Waals surface area contributed by atoms with E-state index in [2.05, 4.69) is 10.00 Å². The summed E-state index contributed by atoms with van der Waals surface area (Å²) in [5, 5.41) is 4.29. The lowest BCUT2D eigenvalue weighted by Gasteiger charge is -2.32. The minimum atomic E-state index is -0.0211. The van der Waals surface area contributed by atoms with E-state index in [0.717, 1.165) is 50.9 Å². The van der Waals surface area contributed by atoms with Crippen LogP contribution in [0.25, 0.3) is 0 Å². The summed E-state index contributed by atoms with van der Waals surface area (Å²) in [5.74, 6) is 0.679. The molecular formula is C15H24ClN3O2. The van der Waals surface area contributed by atoms with Gasteiger partial charge in [-0.25, -0.2) is 4.68 Å². The quantitative estimate of drug-likeness (QED) is 0.572. The molecule has 0 amide bonds. The van der Waals surface area contributed by atoms with Crippen LogP contribution in [-0.2, 0) is 11.3 Å². The van der Waals surface area contributed by atoms with Gasteiger partial charge in [0, 0.05) is 38.7 Å². The Morgan fingerprint density at radius 1 is 1.33 bits per heavy atom. The zero-order valence-electron chi connectivity index (χ0n) is 12.6. The van der Waals surface area contributed by atoms with Crippen molar-refractivity contribution in [2.75, 3.05) is 31.0 Å². The molecule has 1 fully saturated rings. The second-order valence-electron chi connectivity index (χ2n) is 5.45. The minimum absolute atomic E-state index is 0.0211. The fourth-order valence-electron chi connectivity index (χ4n) is 2.65. The largest absolute Gasteiger partial charge is 0.381 e. The highest BCUT2D eigenvalue weighted by molar-refractivity contribution is 6.17. The Balaban J connectivity index is 1.91. The van der Waals surface area contributed by atoms with Gasteiger partial charge in [0.05, 0.1) is 18.0 Å². The molecular weight excluding hydrogens is 290 g/mol. The first-order chi connectivity index (χ1) is 10.2. The van der Waals surface area contributed by atoms with Crippen LogP contribution in [0, 0.1) is 0 Å². The predicted molar refractivity (Wildman–Crippen MR) is 85.3 cm³/mol. The van der Waals surface area contributed by atoms with Crippen molar-refractivity contribution in [2.24, 2.45) is 0 Å². The van der Waals surface area contributed by atoms with Crippen LogP contribution in [0.4, 0.5) is 5.69 Å². The van der Waals surface area contributed by atoms with Crippen molar-refractivity contribution in [3.63, 3.8) is 0 Å². The van der Waals surface area contributed by atoms with E-state index < -0.39 is 0 Å². The average Bonchev–Trinajstić information content (AvgIpc) is 2.53. The first-order valence-corrected chi connectivity index (χ1v) is 8.19. The highest BCUT2D eigenvalue weighted by Crippen LogP contribution is 2.18. The fraction of sp³-hybridized carbons (Fsp3) is 0.733. The van der Waals surface area contributed by atoms with E-state index >= 15 is 0 Å². The highest BCUT2D eigenvalue weighted by Gasteiger charge is 2.19. The summed E-state index contributed by atoms with van der Waals surface area (Å²) < 4.78 is 6.91. The molecule has 0 bridgehead atoms. The maximum absolute atomic E-state index is 12.1. The van der Waals surface area contributed by atoms with Crippen molar-refractivity contribution in [3.05, 3.63) is 22.6 Å². The van der Waals surface area contributed by atoms with Crippen LogP contribution in [0.5, 0.6) is 0 Å². The van der Waals surface area contributed by atoms with Gasteiger partial charge in [-0.15, -0.1) is 11.6 Å². The van der Waals surface area contributed by atoms with Gasteiger partial charge >= 0.3 is 0 Å². The van der Waals surface area contributed by atoms with E-state index in [-0.39, 0.29) is 5.56 Å². The number of nitrogens with zero attached hydrogens (tertiary/aromatic N) is 3. The smallest absolute Gasteiger partial charge is 0.268 e. The summed E-state index contributed by atoms with van der Waals surface area (Å²) in [6.45, 7) is 2.50. The lowest BCUT2D eigenvalue weighted by molar-refractivity contribution is 0.0819. The summed E-state index contributed by atoms with van der Waals surface area (Å²) in [5.41, 5.74) is 0.902. The number of hydrogen-bond donors (Lipinski definition) is 0. The van der Waals surface area contributed by atoms with Crippen molar-refractivity contribution in [2.45, 2.75) is 44.8 Å². The number of unbranched alkanes of at least 4 members (excludes halogenated alkanes) is 2. The number of alkyl halides is 1. The van der Waals surface area contributed by atoms with Crippen LogP contribution in [0.15, 0.2) is 17.1 Å². The molecule has 0 aliphatic carbocycles. The van der Waals surface area contributed by atoms with E-state index in [9.17, 15) is 4.79 Å². The van der Waals surface area contributed by atoms with Gasteiger partial charge in [0.1, 0.15) is 0 Å². The highest BCUT2D eigenvalue weighted by atomic mass is 35.5. The monoisotopic (exact) mass is 313 g/mol. The topological polar surface area (TPSA) is 47.4 Å². The van der Waals surface area contributed by atoms with Crippen LogP contribution in [-0.4, -0.2) is 42.0 Å². The lowest BCUT2D eigenvalue weighted by Crippen LogP contribution is -2.37. The molecule has 0 aromatic carbocycles. The summed E-state index contributed by atoms with van der Waals surface area (Å²) in [6, 6.07) is 1.70. The standard InChI is InChI=1S/C15H24ClN3O2/c1-21-14-5-9-18(10-6-14)13-11-15(20)19(17-12-13)8-4-2-3-7-16/h11-12,14H,2-10H2,1H3. The van der Waals surface area contributed by atoms with E-state index in [0.29, 0.717) is 18.5 Å². The molecule has 1 aromatic heterocycles. The van der Waals surface area contributed by atoms with Crippen LogP contribution >= 0.6 is 11.6 Å². The Hall–Kier alpha value is -1.07. The predicted octanol–water partition coefficient (Wildman–Crippen LogP) is 2.27. The normalized spacial score (nSPS) is 16.4. The number of aryl methyl sites for hydroxylation is 1. The number of piperidine rings is 1. The molecule has 1 aromatic rings. The number of hydrogen-bond acceptors (Lipinski definition) is 4. The molecule has 1 saturated heterocycles. The molecule has 118 valence electrons. The maximum Gasteiger partial charge on any atom is 0.268 e. The number of aromatic nitrogens is 2. The molecule has 1 aliphatic rings. The van der Waals surface area contributed by atoms with Crippen molar-refractivity contribution in [1.82, 2.24) is 9.78 Å². The zero-order chi connectivity index (χ0) is 15.1. The van der Waals surface area contributed by atoms with E-state index in [1.165, 1.54) is 0 Å². The second kappa shape index (κ2) is 8.39. The average molecular weight is 314 g/mol. The second-order valence-corrected chi connectivity index (χ2v) is 5.82. The molecule has 0 atom stereocenters. The number of methoxy groups -OCH3 is 1. The molecule has 2 rings (SSSR count). The van der Waals surface area contributed by atoms with Crippen molar-refractivity contribution in [1.29, 1.82) is 0 Å². The zero-order valence-corrected chi connectivity index (χ0v) is 13.4. The van der Waals surface area contributed by atoms with E-state index in [1.54, 1.807) is 24.1 Å². The van der Waals surface area contributed by atoms with Gasteiger partial charge in [-0.3, -0.25) is 4.79 Å². The van der Waals surface area contributed by atoms with Gasteiger partial charge in [-0.1, -0.05) is 6.42 Å². The van der Waals surface area contributed by atoms with Gasteiger partial charge in [0.2, 0.25) is 0 Å².